The van der Waals surface area contributed by atoms with Crippen molar-refractivity contribution in [2.24, 2.45) is 0 Å². The second-order valence-corrected chi connectivity index (χ2v) is 3.37. The second kappa shape index (κ2) is 4.09. The zero-order valence-corrected chi connectivity index (χ0v) is 8.43. The molecule has 3 heteroatoms. The van der Waals surface area contributed by atoms with Crippen LogP contribution in [-0.2, 0) is 6.42 Å². The number of nitrogens with zero attached hydrogens (tertiary/aromatic N) is 1. The van der Waals surface area contributed by atoms with Crippen LogP contribution in [0, 0.1) is 6.92 Å². The largest absolute Gasteiger partial charge is 0.469 e. The summed E-state index contributed by atoms with van der Waals surface area (Å²) < 4.78 is 5.11. The fourth-order valence-electron chi connectivity index (χ4n) is 1.31. The van der Waals surface area contributed by atoms with E-state index in [2.05, 4.69) is 4.98 Å². The topological polar surface area (TPSA) is 43.1 Å². The molecule has 2 heterocycles. The van der Waals surface area contributed by atoms with Crippen LogP contribution in [0.1, 0.15) is 21.8 Å². The summed E-state index contributed by atoms with van der Waals surface area (Å²) >= 11 is 0. The van der Waals surface area contributed by atoms with Gasteiger partial charge < -0.3 is 4.42 Å². The molecular weight excluding hydrogens is 190 g/mol. The highest BCUT2D eigenvalue weighted by atomic mass is 16.3. The van der Waals surface area contributed by atoms with E-state index in [1.165, 1.54) is 0 Å². The maximum Gasteiger partial charge on any atom is 0.171 e. The number of Topliss-reactive ketones (excluding diaryl/α,β-unsaturated/α-hetero) is 1. The first-order chi connectivity index (χ1) is 7.25. The van der Waals surface area contributed by atoms with Gasteiger partial charge in [0.1, 0.15) is 5.76 Å². The zero-order chi connectivity index (χ0) is 10.7. The average Bonchev–Trinajstić information content (AvgIpc) is 2.71. The Hall–Kier alpha value is -1.90. The van der Waals surface area contributed by atoms with Gasteiger partial charge in [-0.05, 0) is 31.2 Å². The number of ketones is 1. The molecule has 0 atom stereocenters. The van der Waals surface area contributed by atoms with Gasteiger partial charge in [0, 0.05) is 17.5 Å². The molecule has 0 N–H and O–H groups in total. The molecule has 0 fully saturated rings. The van der Waals surface area contributed by atoms with Crippen molar-refractivity contribution in [3.05, 3.63) is 53.7 Å². The van der Waals surface area contributed by atoms with Crippen molar-refractivity contribution in [1.82, 2.24) is 4.98 Å². The molecule has 76 valence electrons. The van der Waals surface area contributed by atoms with Crippen LogP contribution in [-0.4, -0.2) is 10.8 Å². The quantitative estimate of drug-likeness (QED) is 0.716. The second-order valence-electron chi connectivity index (χ2n) is 3.37. The van der Waals surface area contributed by atoms with E-state index in [0.29, 0.717) is 11.3 Å². The Bertz CT molecular complexity index is 443. The summed E-state index contributed by atoms with van der Waals surface area (Å²) in [6.07, 6.45) is 3.45. The molecule has 0 radical (unpaired) electrons. The molecular formula is C12H11NO2. The first-order valence-corrected chi connectivity index (χ1v) is 4.74. The Labute approximate surface area is 87.8 Å². The van der Waals surface area contributed by atoms with E-state index in [1.54, 1.807) is 30.7 Å². The van der Waals surface area contributed by atoms with Gasteiger partial charge in [-0.25, -0.2) is 0 Å². The van der Waals surface area contributed by atoms with Crippen molar-refractivity contribution in [1.29, 1.82) is 0 Å². The first kappa shape index (κ1) is 9.65. The number of hydrogen-bond acceptors (Lipinski definition) is 3. The Kier molecular flexibility index (Phi) is 2.63. The van der Waals surface area contributed by atoms with Crippen LogP contribution in [0.2, 0.25) is 0 Å². The Balaban J connectivity index is 2.11. The summed E-state index contributed by atoms with van der Waals surface area (Å²) in [5.74, 6) is 0.707. The summed E-state index contributed by atoms with van der Waals surface area (Å²) in [5, 5.41) is 0. The molecule has 0 aromatic carbocycles. The van der Waals surface area contributed by atoms with Gasteiger partial charge in [0.05, 0.1) is 12.7 Å². The highest BCUT2D eigenvalue weighted by molar-refractivity contribution is 5.96. The molecule has 0 spiro atoms. The minimum Gasteiger partial charge on any atom is -0.469 e. The Morgan fingerprint density at radius 2 is 2.27 bits per heavy atom. The molecule has 2 aromatic heterocycles. The van der Waals surface area contributed by atoms with Crippen molar-refractivity contribution in [3.8, 4) is 0 Å². The van der Waals surface area contributed by atoms with Gasteiger partial charge in [-0.1, -0.05) is 0 Å². The number of furan rings is 1. The van der Waals surface area contributed by atoms with Gasteiger partial charge in [0.25, 0.3) is 0 Å². The average molecular weight is 201 g/mol. The van der Waals surface area contributed by atoms with Crippen LogP contribution >= 0.6 is 0 Å². The van der Waals surface area contributed by atoms with E-state index in [9.17, 15) is 4.79 Å². The number of aromatic nitrogens is 1. The normalized spacial score (nSPS) is 10.2. The van der Waals surface area contributed by atoms with Crippen LogP contribution in [0.4, 0.5) is 0 Å². The molecule has 3 nitrogen and oxygen atoms in total. The molecule has 0 saturated heterocycles. The lowest BCUT2D eigenvalue weighted by Gasteiger charge is -1.98. The third-order valence-corrected chi connectivity index (χ3v) is 2.15. The van der Waals surface area contributed by atoms with Gasteiger partial charge in [0.2, 0.25) is 0 Å². The summed E-state index contributed by atoms with van der Waals surface area (Å²) in [6.45, 7) is 1.89. The smallest absolute Gasteiger partial charge is 0.171 e. The number of carbonyl (C=O) groups is 1. The van der Waals surface area contributed by atoms with Crippen LogP contribution in [0.25, 0.3) is 0 Å². The van der Waals surface area contributed by atoms with E-state index in [-0.39, 0.29) is 12.2 Å². The summed E-state index contributed by atoms with van der Waals surface area (Å²) in [6, 6.07) is 7.18. The van der Waals surface area contributed by atoms with Crippen molar-refractivity contribution >= 4 is 5.78 Å². The third-order valence-electron chi connectivity index (χ3n) is 2.15. The predicted molar refractivity (Wildman–Crippen MR) is 55.7 cm³/mol. The number of carbonyl (C=O) groups excluding carboxylic acids is 1. The van der Waals surface area contributed by atoms with Gasteiger partial charge in [-0.3, -0.25) is 9.78 Å². The SMILES string of the molecule is Cc1ccc(C(=O)Cc2ccco2)cn1. The third kappa shape index (κ3) is 2.31. The van der Waals surface area contributed by atoms with Crippen LogP contribution in [0.5, 0.6) is 0 Å². The highest BCUT2D eigenvalue weighted by Crippen LogP contribution is 2.07. The molecule has 0 unspecified atom stereocenters. The maximum atomic E-state index is 11.7. The van der Waals surface area contributed by atoms with Gasteiger partial charge in [-0.15, -0.1) is 0 Å². The van der Waals surface area contributed by atoms with E-state index >= 15 is 0 Å². The van der Waals surface area contributed by atoms with Crippen molar-refractivity contribution in [2.75, 3.05) is 0 Å². The lowest BCUT2D eigenvalue weighted by Crippen LogP contribution is -2.03. The fraction of sp³-hybridized carbons (Fsp3) is 0.167. The molecule has 0 saturated carbocycles. The van der Waals surface area contributed by atoms with E-state index in [0.717, 1.165) is 5.69 Å². The van der Waals surface area contributed by atoms with E-state index in [4.69, 9.17) is 4.42 Å². The number of rotatable bonds is 3. The Morgan fingerprint density at radius 3 is 2.87 bits per heavy atom. The summed E-state index contributed by atoms with van der Waals surface area (Å²) in [4.78, 5) is 15.8. The molecule has 0 aliphatic heterocycles. The molecule has 0 aliphatic rings. The standard InChI is InChI=1S/C12H11NO2/c1-9-4-5-10(8-13-9)12(14)7-11-3-2-6-15-11/h2-6,8H,7H2,1H3. The molecule has 0 amide bonds. The number of aryl methyl sites for hydroxylation is 1. The van der Waals surface area contributed by atoms with E-state index < -0.39 is 0 Å². The highest BCUT2D eigenvalue weighted by Gasteiger charge is 2.08. The van der Waals surface area contributed by atoms with Crippen LogP contribution < -0.4 is 0 Å². The fourth-order valence-corrected chi connectivity index (χ4v) is 1.31. The molecule has 2 aromatic rings. The first-order valence-electron chi connectivity index (χ1n) is 4.74. The molecule has 0 aliphatic carbocycles. The van der Waals surface area contributed by atoms with Crippen molar-refractivity contribution in [3.63, 3.8) is 0 Å². The molecule has 2 rings (SSSR count). The maximum absolute atomic E-state index is 11.7. The number of pyridine rings is 1. The minimum atomic E-state index is 0.0254. The van der Waals surface area contributed by atoms with Gasteiger partial charge in [-0.2, -0.15) is 0 Å². The zero-order valence-electron chi connectivity index (χ0n) is 8.43. The Morgan fingerprint density at radius 1 is 1.40 bits per heavy atom. The number of hydrogen-bond donors (Lipinski definition) is 0. The lowest BCUT2D eigenvalue weighted by atomic mass is 10.1. The minimum absolute atomic E-state index is 0.0254. The van der Waals surface area contributed by atoms with Gasteiger partial charge in [0.15, 0.2) is 5.78 Å². The summed E-state index contributed by atoms with van der Waals surface area (Å²) in [5.41, 5.74) is 1.53. The predicted octanol–water partition coefficient (Wildman–Crippen LogP) is 2.41. The van der Waals surface area contributed by atoms with Gasteiger partial charge >= 0.3 is 0 Å². The van der Waals surface area contributed by atoms with E-state index in [1.807, 2.05) is 13.0 Å². The van der Waals surface area contributed by atoms with Crippen LogP contribution in [0.3, 0.4) is 0 Å². The van der Waals surface area contributed by atoms with Crippen molar-refractivity contribution in [2.45, 2.75) is 13.3 Å². The van der Waals surface area contributed by atoms with Crippen LogP contribution in [0.15, 0.2) is 41.1 Å². The molecule has 0 bridgehead atoms. The van der Waals surface area contributed by atoms with Crippen molar-refractivity contribution < 1.29 is 9.21 Å². The lowest BCUT2D eigenvalue weighted by molar-refractivity contribution is 0.0986. The monoisotopic (exact) mass is 201 g/mol. The summed E-state index contributed by atoms with van der Waals surface area (Å²) in [7, 11) is 0. The molecule has 15 heavy (non-hydrogen) atoms.